The van der Waals surface area contributed by atoms with Crippen LogP contribution < -0.4 is 5.32 Å². The zero-order valence-corrected chi connectivity index (χ0v) is 21.8. The van der Waals surface area contributed by atoms with Crippen LogP contribution in [0.3, 0.4) is 0 Å². The lowest BCUT2D eigenvalue weighted by molar-refractivity contribution is -0.139. The maximum Gasteiger partial charge on any atom is 0.417 e. The number of nitrogens with one attached hydrogen (secondary N) is 1. The van der Waals surface area contributed by atoms with Crippen molar-refractivity contribution in [3.05, 3.63) is 74.8 Å². The molecule has 1 amide bonds. The van der Waals surface area contributed by atoms with Crippen LogP contribution in [-0.2, 0) is 16.0 Å². The van der Waals surface area contributed by atoms with Gasteiger partial charge in [-0.05, 0) is 48.4 Å². The van der Waals surface area contributed by atoms with Crippen molar-refractivity contribution < 1.29 is 52.7 Å². The summed E-state index contributed by atoms with van der Waals surface area (Å²) in [4.78, 5) is 12.4. The second-order valence-corrected chi connectivity index (χ2v) is 11.4. The van der Waals surface area contributed by atoms with Gasteiger partial charge in [-0.1, -0.05) is 41.4 Å². The molecule has 2 aromatic carbocycles. The first-order valence-electron chi connectivity index (χ1n) is 10.6. The van der Waals surface area contributed by atoms with Gasteiger partial charge in [-0.15, -0.1) is 0 Å². The van der Waals surface area contributed by atoms with E-state index in [4.69, 9.17) is 23.2 Å². The fourth-order valence-corrected chi connectivity index (χ4v) is 5.51. The first kappa shape index (κ1) is 32.8. The molecule has 0 heterocycles. The van der Waals surface area contributed by atoms with Crippen LogP contribution in [0.1, 0.15) is 39.9 Å². The molecule has 216 valence electrons. The highest BCUT2D eigenvalue weighted by molar-refractivity contribution is 7.91. The smallest absolute Gasteiger partial charge is 0.349 e. The van der Waals surface area contributed by atoms with Crippen LogP contribution >= 0.6 is 23.2 Å². The molecule has 0 aliphatic rings. The van der Waals surface area contributed by atoms with Crippen LogP contribution in [0, 0.1) is 0 Å². The van der Waals surface area contributed by atoms with E-state index in [2.05, 4.69) is 0 Å². The highest BCUT2D eigenvalue weighted by Gasteiger charge is 2.40. The molecule has 2 atom stereocenters. The number of carbonyl (C=O) groups excluding carboxylic acids is 1. The van der Waals surface area contributed by atoms with Crippen molar-refractivity contribution in [2.24, 2.45) is 0 Å². The number of hydrogen-bond acceptors (Lipinski definition) is 3. The van der Waals surface area contributed by atoms with Gasteiger partial charge in [0.25, 0.3) is 5.91 Å². The first-order chi connectivity index (χ1) is 17.6. The number of halogens is 11. The molecule has 2 rings (SSSR count). The molecular formula is C23H18Cl2F9NO3S. The van der Waals surface area contributed by atoms with Gasteiger partial charge in [0.1, 0.15) is 5.75 Å². The Bertz CT molecular complexity index is 1320. The van der Waals surface area contributed by atoms with E-state index in [0.29, 0.717) is 18.2 Å². The predicted octanol–water partition coefficient (Wildman–Crippen LogP) is 7.47. The molecule has 0 aliphatic carbocycles. The number of rotatable bonds is 8. The molecule has 0 saturated heterocycles. The second kappa shape index (κ2) is 12.0. The fourth-order valence-electron chi connectivity index (χ4n) is 3.50. The van der Waals surface area contributed by atoms with Crippen LogP contribution in [0.2, 0.25) is 10.0 Å². The zero-order valence-electron chi connectivity index (χ0n) is 19.5. The molecule has 4 nitrogen and oxygen atoms in total. The normalized spacial score (nSPS) is 14.9. The quantitative estimate of drug-likeness (QED) is 0.308. The van der Waals surface area contributed by atoms with Crippen molar-refractivity contribution in [3.8, 4) is 0 Å². The van der Waals surface area contributed by atoms with E-state index in [1.807, 2.05) is 5.32 Å². The van der Waals surface area contributed by atoms with Crippen molar-refractivity contribution in [2.75, 3.05) is 11.5 Å². The molecule has 2 unspecified atom stereocenters. The third kappa shape index (κ3) is 10.2. The molecule has 0 aliphatic heterocycles. The highest BCUT2D eigenvalue weighted by Crippen LogP contribution is 2.39. The number of benzene rings is 2. The largest absolute Gasteiger partial charge is 0.417 e. The van der Waals surface area contributed by atoms with Crippen molar-refractivity contribution >= 4 is 45.0 Å². The Balaban J connectivity index is 2.36. The lowest BCUT2D eigenvalue weighted by atomic mass is 9.96. The Morgan fingerprint density at radius 1 is 0.949 bits per heavy atom. The monoisotopic (exact) mass is 629 g/mol. The minimum atomic E-state index is -5.17. The summed E-state index contributed by atoms with van der Waals surface area (Å²) in [6.07, 6.45) is -13.8. The van der Waals surface area contributed by atoms with Gasteiger partial charge in [0.05, 0.1) is 22.8 Å². The zero-order chi connectivity index (χ0) is 30.0. The van der Waals surface area contributed by atoms with Crippen LogP contribution in [0.4, 0.5) is 39.5 Å². The summed E-state index contributed by atoms with van der Waals surface area (Å²) in [5.41, 5.74) is -3.34. The lowest BCUT2D eigenvalue weighted by Gasteiger charge is -2.19. The van der Waals surface area contributed by atoms with Gasteiger partial charge in [0, 0.05) is 16.1 Å². The lowest BCUT2D eigenvalue weighted by Crippen LogP contribution is -2.40. The van der Waals surface area contributed by atoms with Crippen LogP contribution in [0.25, 0.3) is 6.08 Å². The Kier molecular flexibility index (Phi) is 10.1. The van der Waals surface area contributed by atoms with Gasteiger partial charge in [0.2, 0.25) is 0 Å². The highest BCUT2D eigenvalue weighted by atomic mass is 35.5. The molecule has 39 heavy (non-hydrogen) atoms. The molecule has 0 bridgehead atoms. The molecule has 0 fully saturated rings. The Morgan fingerprint density at radius 3 is 2.00 bits per heavy atom. The number of amides is 1. The summed E-state index contributed by atoms with van der Waals surface area (Å²) >= 11 is 11.5. The van der Waals surface area contributed by atoms with E-state index < -0.39 is 68.9 Å². The third-order valence-electron chi connectivity index (χ3n) is 4.94. The van der Waals surface area contributed by atoms with Gasteiger partial charge >= 0.3 is 18.5 Å². The number of carbonyl (C=O) groups is 1. The van der Waals surface area contributed by atoms with E-state index in [0.717, 1.165) is 31.2 Å². The maximum absolute atomic E-state index is 13.7. The van der Waals surface area contributed by atoms with Gasteiger partial charge in [-0.2, -0.15) is 39.5 Å². The average Bonchev–Trinajstić information content (AvgIpc) is 2.69. The Hall–Kier alpha value is -2.45. The standard InChI is InChI=1S/C23H18Cl2F9NO3S/c1-12(10-39(37,38)11-21(26,27)28)35-20(36)17-4-2-13(6-19(17)23(32,33)34)3-5-18(22(29,30)31)14-7-15(24)9-16(25)8-14/h2-9,12,18H,10-11H2,1H3,(H,35,36)/b5-3+. The summed E-state index contributed by atoms with van der Waals surface area (Å²) in [5, 5.41) is 1.69. The summed E-state index contributed by atoms with van der Waals surface area (Å²) < 4.78 is 142. The number of sulfone groups is 1. The minimum Gasteiger partial charge on any atom is -0.349 e. The van der Waals surface area contributed by atoms with Crippen molar-refractivity contribution in [1.29, 1.82) is 0 Å². The van der Waals surface area contributed by atoms with E-state index in [9.17, 15) is 52.7 Å². The predicted molar refractivity (Wildman–Crippen MR) is 127 cm³/mol. The van der Waals surface area contributed by atoms with E-state index in [-0.39, 0.29) is 21.2 Å². The number of hydrogen-bond donors (Lipinski definition) is 1. The first-order valence-corrected chi connectivity index (χ1v) is 13.2. The van der Waals surface area contributed by atoms with Crippen LogP contribution in [0.15, 0.2) is 42.5 Å². The molecule has 0 radical (unpaired) electrons. The molecule has 0 aromatic heterocycles. The van der Waals surface area contributed by atoms with Gasteiger partial charge in [-0.3, -0.25) is 4.79 Å². The topological polar surface area (TPSA) is 63.2 Å². The van der Waals surface area contributed by atoms with Crippen molar-refractivity contribution in [1.82, 2.24) is 5.32 Å². The molecule has 1 N–H and O–H groups in total. The molecule has 0 spiro atoms. The van der Waals surface area contributed by atoms with E-state index in [1.165, 1.54) is 6.07 Å². The summed E-state index contributed by atoms with van der Waals surface area (Å²) in [7, 11) is -4.75. The Morgan fingerprint density at radius 2 is 1.51 bits per heavy atom. The Labute approximate surface area is 226 Å². The maximum atomic E-state index is 13.7. The van der Waals surface area contributed by atoms with Gasteiger partial charge in [0.15, 0.2) is 9.84 Å². The SMILES string of the molecule is CC(CS(=O)(=O)CC(F)(F)F)NC(=O)c1ccc(/C=C/C(c2cc(Cl)cc(Cl)c2)C(F)(F)F)cc1C(F)(F)F. The molecule has 16 heteroatoms. The molecule has 0 saturated carbocycles. The summed E-state index contributed by atoms with van der Waals surface area (Å²) in [6.45, 7) is 0.982. The fraction of sp³-hybridized carbons (Fsp3) is 0.348. The van der Waals surface area contributed by atoms with E-state index >= 15 is 0 Å². The average molecular weight is 630 g/mol. The second-order valence-electron chi connectivity index (χ2n) is 8.43. The van der Waals surface area contributed by atoms with Crippen LogP contribution in [0.5, 0.6) is 0 Å². The van der Waals surface area contributed by atoms with E-state index in [1.54, 1.807) is 0 Å². The summed E-state index contributed by atoms with van der Waals surface area (Å²) in [5.74, 6) is -7.14. The van der Waals surface area contributed by atoms with Crippen molar-refractivity contribution in [3.63, 3.8) is 0 Å². The number of alkyl halides is 9. The van der Waals surface area contributed by atoms with Crippen LogP contribution in [-0.4, -0.2) is 44.2 Å². The van der Waals surface area contributed by atoms with Gasteiger partial charge < -0.3 is 5.32 Å². The minimum absolute atomic E-state index is 0.102. The molecule has 2 aromatic rings. The number of allylic oxidation sites excluding steroid dienone is 1. The van der Waals surface area contributed by atoms with Gasteiger partial charge in [-0.25, -0.2) is 8.42 Å². The molecular weight excluding hydrogens is 612 g/mol. The summed E-state index contributed by atoms with van der Waals surface area (Å²) in [6, 6.07) is 3.62. The van der Waals surface area contributed by atoms with Crippen molar-refractivity contribution in [2.45, 2.75) is 37.4 Å². The third-order valence-corrected chi connectivity index (χ3v) is 7.15.